The van der Waals surface area contributed by atoms with Gasteiger partial charge in [0.1, 0.15) is 18.1 Å². The summed E-state index contributed by atoms with van der Waals surface area (Å²) >= 11 is 0. The molecule has 0 saturated carbocycles. The molecule has 3 heterocycles. The van der Waals surface area contributed by atoms with E-state index in [1.54, 1.807) is 6.20 Å². The maximum Gasteiger partial charge on any atom is 0.267 e. The van der Waals surface area contributed by atoms with Crippen molar-refractivity contribution in [2.75, 3.05) is 31.5 Å². The van der Waals surface area contributed by atoms with Gasteiger partial charge < -0.3 is 25.3 Å². The maximum absolute atomic E-state index is 12.7. The molecule has 1 aliphatic heterocycles. The number of nitrogens with zero attached hydrogens (tertiary/aromatic N) is 3. The molecule has 1 amide bonds. The fourth-order valence-electron chi connectivity index (χ4n) is 5.13. The van der Waals surface area contributed by atoms with Crippen LogP contribution in [0.3, 0.4) is 0 Å². The monoisotopic (exact) mass is 546 g/mol. The van der Waals surface area contributed by atoms with Gasteiger partial charge in [-0.25, -0.2) is 9.97 Å². The summed E-state index contributed by atoms with van der Waals surface area (Å²) in [5, 5.41) is 7.29. The van der Waals surface area contributed by atoms with Crippen molar-refractivity contribution in [1.29, 1.82) is 0 Å². The number of likely N-dealkylation sites (tertiary alicyclic amines) is 1. The van der Waals surface area contributed by atoms with Crippen molar-refractivity contribution < 1.29 is 9.53 Å². The number of aromatic nitrogens is 3. The second kappa shape index (κ2) is 12.7. The van der Waals surface area contributed by atoms with Crippen LogP contribution in [-0.2, 0) is 6.61 Å². The van der Waals surface area contributed by atoms with E-state index in [2.05, 4.69) is 25.5 Å². The number of rotatable bonds is 10. The van der Waals surface area contributed by atoms with Crippen LogP contribution >= 0.6 is 0 Å². The zero-order valence-corrected chi connectivity index (χ0v) is 23.0. The first kappa shape index (κ1) is 26.5. The lowest BCUT2D eigenvalue weighted by Gasteiger charge is -2.26. The highest BCUT2D eigenvalue weighted by molar-refractivity contribution is 5.98. The summed E-state index contributed by atoms with van der Waals surface area (Å²) in [6, 6.07) is 27.7. The number of ether oxygens (including phenoxy) is 1. The Morgan fingerprint density at radius 1 is 0.927 bits per heavy atom. The lowest BCUT2D eigenvalue weighted by atomic mass is 10.1. The molecule has 6 rings (SSSR count). The molecule has 2 aromatic heterocycles. The van der Waals surface area contributed by atoms with Gasteiger partial charge >= 0.3 is 0 Å². The number of piperidine rings is 1. The molecule has 5 aromatic rings. The topological polar surface area (TPSA) is 95.2 Å². The minimum absolute atomic E-state index is 0.0845. The fourth-order valence-corrected chi connectivity index (χ4v) is 5.13. The third kappa shape index (κ3) is 6.91. The molecule has 1 aliphatic rings. The summed E-state index contributed by atoms with van der Waals surface area (Å²) in [5.41, 5.74) is 5.15. The van der Waals surface area contributed by atoms with Crippen LogP contribution in [0.1, 0.15) is 35.3 Å². The lowest BCUT2D eigenvalue weighted by molar-refractivity contribution is 0.0942. The SMILES string of the molecule is O=C(NCCN1CCCCC1)c1cc2cc(Nc3nccc(-c4cccc(OCc5ccccc5)c4)n3)ccc2[nH]1. The highest BCUT2D eigenvalue weighted by atomic mass is 16.5. The zero-order chi connectivity index (χ0) is 27.9. The number of anilines is 2. The van der Waals surface area contributed by atoms with Crippen molar-refractivity contribution in [2.24, 2.45) is 0 Å². The van der Waals surface area contributed by atoms with Gasteiger partial charge in [-0.2, -0.15) is 0 Å². The van der Waals surface area contributed by atoms with Gasteiger partial charge in [0.05, 0.1) is 5.69 Å². The molecule has 8 nitrogen and oxygen atoms in total. The van der Waals surface area contributed by atoms with E-state index < -0.39 is 0 Å². The van der Waals surface area contributed by atoms with Crippen LogP contribution in [0, 0.1) is 0 Å². The summed E-state index contributed by atoms with van der Waals surface area (Å²) < 4.78 is 6.00. The van der Waals surface area contributed by atoms with Crippen LogP contribution in [-0.4, -0.2) is 51.9 Å². The molecule has 1 saturated heterocycles. The second-order valence-corrected chi connectivity index (χ2v) is 10.3. The van der Waals surface area contributed by atoms with Gasteiger partial charge in [0, 0.05) is 41.4 Å². The average Bonchev–Trinajstić information content (AvgIpc) is 3.45. The fraction of sp³-hybridized carbons (Fsp3) is 0.242. The highest BCUT2D eigenvalue weighted by Gasteiger charge is 2.13. The van der Waals surface area contributed by atoms with E-state index in [9.17, 15) is 4.79 Å². The first-order valence-corrected chi connectivity index (χ1v) is 14.2. The molecule has 41 heavy (non-hydrogen) atoms. The minimum atomic E-state index is -0.0845. The van der Waals surface area contributed by atoms with E-state index in [1.807, 2.05) is 84.9 Å². The van der Waals surface area contributed by atoms with Crippen LogP contribution < -0.4 is 15.4 Å². The number of carbonyl (C=O) groups is 1. The second-order valence-electron chi connectivity index (χ2n) is 10.3. The van der Waals surface area contributed by atoms with Crippen molar-refractivity contribution >= 4 is 28.4 Å². The van der Waals surface area contributed by atoms with Gasteiger partial charge in [-0.1, -0.05) is 48.9 Å². The highest BCUT2D eigenvalue weighted by Crippen LogP contribution is 2.26. The van der Waals surface area contributed by atoms with Gasteiger partial charge in [0.25, 0.3) is 5.91 Å². The molecule has 1 fully saturated rings. The Hall–Kier alpha value is -4.69. The van der Waals surface area contributed by atoms with Crippen molar-refractivity contribution in [1.82, 2.24) is 25.2 Å². The predicted octanol–water partition coefficient (Wildman–Crippen LogP) is 6.16. The number of benzene rings is 3. The number of hydrogen-bond donors (Lipinski definition) is 3. The molecule has 0 bridgehead atoms. The first-order valence-electron chi connectivity index (χ1n) is 14.2. The van der Waals surface area contributed by atoms with E-state index in [0.29, 0.717) is 24.8 Å². The quantitative estimate of drug-likeness (QED) is 0.194. The Balaban J connectivity index is 1.09. The maximum atomic E-state index is 12.7. The van der Waals surface area contributed by atoms with E-state index in [-0.39, 0.29) is 5.91 Å². The molecule has 208 valence electrons. The number of fused-ring (bicyclic) bond motifs is 1. The molecule has 3 aromatic carbocycles. The van der Waals surface area contributed by atoms with Crippen LogP contribution in [0.5, 0.6) is 5.75 Å². The standard InChI is InChI=1S/C33H34N6O2/c40-32(34-16-19-39-17-5-2-6-18-39)31-22-26-20-27(12-13-29(26)37-31)36-33-35-15-14-30(38-33)25-10-7-11-28(21-25)41-23-24-8-3-1-4-9-24/h1,3-4,7-15,20-22,37H,2,5-6,16-19,23H2,(H,34,40)(H,35,36,38). The predicted molar refractivity (Wildman–Crippen MR) is 162 cm³/mol. The Kier molecular flexibility index (Phi) is 8.19. The van der Waals surface area contributed by atoms with Crippen LogP contribution in [0.2, 0.25) is 0 Å². The average molecular weight is 547 g/mol. The number of nitrogens with one attached hydrogen (secondary N) is 3. The number of carbonyl (C=O) groups excluding carboxylic acids is 1. The summed E-state index contributed by atoms with van der Waals surface area (Å²) in [5.74, 6) is 1.19. The molecular weight excluding hydrogens is 512 g/mol. The van der Waals surface area contributed by atoms with Crippen LogP contribution in [0.15, 0.2) is 91.1 Å². The molecule has 8 heteroatoms. The number of aromatic amines is 1. The van der Waals surface area contributed by atoms with E-state index in [1.165, 1.54) is 19.3 Å². The van der Waals surface area contributed by atoms with E-state index >= 15 is 0 Å². The molecular formula is C33H34N6O2. The summed E-state index contributed by atoms with van der Waals surface area (Å²) in [7, 11) is 0. The summed E-state index contributed by atoms with van der Waals surface area (Å²) in [6.45, 7) is 4.30. The number of H-pyrrole nitrogens is 1. The van der Waals surface area contributed by atoms with Crippen LogP contribution in [0.25, 0.3) is 22.2 Å². The largest absolute Gasteiger partial charge is 0.489 e. The van der Waals surface area contributed by atoms with Crippen molar-refractivity contribution in [2.45, 2.75) is 25.9 Å². The Labute approximate surface area is 239 Å². The third-order valence-electron chi connectivity index (χ3n) is 7.32. The van der Waals surface area contributed by atoms with Gasteiger partial charge in [0.2, 0.25) is 5.95 Å². The Bertz CT molecular complexity index is 1610. The molecule has 0 radical (unpaired) electrons. The third-order valence-corrected chi connectivity index (χ3v) is 7.32. The van der Waals surface area contributed by atoms with E-state index in [0.717, 1.165) is 58.8 Å². The zero-order valence-electron chi connectivity index (χ0n) is 23.0. The summed E-state index contributed by atoms with van der Waals surface area (Å²) in [6.07, 6.45) is 5.55. The van der Waals surface area contributed by atoms with E-state index in [4.69, 9.17) is 9.72 Å². The Morgan fingerprint density at radius 2 is 1.80 bits per heavy atom. The minimum Gasteiger partial charge on any atom is -0.489 e. The first-order chi connectivity index (χ1) is 20.2. The smallest absolute Gasteiger partial charge is 0.267 e. The molecule has 0 spiro atoms. The lowest BCUT2D eigenvalue weighted by Crippen LogP contribution is -2.37. The van der Waals surface area contributed by atoms with Gasteiger partial charge in [0.15, 0.2) is 0 Å². The van der Waals surface area contributed by atoms with Crippen molar-refractivity contribution in [3.63, 3.8) is 0 Å². The van der Waals surface area contributed by atoms with Crippen molar-refractivity contribution in [3.8, 4) is 17.0 Å². The number of amides is 1. The van der Waals surface area contributed by atoms with Crippen LogP contribution in [0.4, 0.5) is 11.6 Å². The number of hydrogen-bond acceptors (Lipinski definition) is 6. The Morgan fingerprint density at radius 3 is 2.68 bits per heavy atom. The normalized spacial score (nSPS) is 13.7. The molecule has 3 N–H and O–H groups in total. The molecule has 0 aliphatic carbocycles. The summed E-state index contributed by atoms with van der Waals surface area (Å²) in [4.78, 5) is 27.5. The van der Waals surface area contributed by atoms with Gasteiger partial charge in [-0.05, 0) is 74.0 Å². The molecule has 0 atom stereocenters. The van der Waals surface area contributed by atoms with Gasteiger partial charge in [-0.3, -0.25) is 4.79 Å². The van der Waals surface area contributed by atoms with Gasteiger partial charge in [-0.15, -0.1) is 0 Å². The molecule has 0 unspecified atom stereocenters. The van der Waals surface area contributed by atoms with Crippen molar-refractivity contribution in [3.05, 3.63) is 102 Å².